The number of para-hydroxylation sites is 1. The van der Waals surface area contributed by atoms with E-state index in [1.54, 1.807) is 0 Å². The number of H-pyrrole nitrogens is 1. The molecule has 3 heterocycles. The number of nitriles is 1. The van der Waals surface area contributed by atoms with Gasteiger partial charge < -0.3 is 14.6 Å². The maximum Gasteiger partial charge on any atom is 0.135 e. The monoisotopic (exact) mass is 522 g/mol. The molecule has 1 aromatic heterocycles. The van der Waals surface area contributed by atoms with E-state index in [9.17, 15) is 4.39 Å². The third-order valence-electron chi connectivity index (χ3n) is 7.73. The molecule has 1 saturated heterocycles. The zero-order valence-corrected chi connectivity index (χ0v) is 21.7. The number of ether oxygens (including phenoxy) is 1. The van der Waals surface area contributed by atoms with Gasteiger partial charge in [-0.3, -0.25) is 9.29 Å². The highest BCUT2D eigenvalue weighted by molar-refractivity contribution is 5.85. The number of allylic oxidation sites excluding steroid dienone is 1. The molecule has 3 atom stereocenters. The van der Waals surface area contributed by atoms with Crippen molar-refractivity contribution >= 4 is 10.9 Å². The van der Waals surface area contributed by atoms with Gasteiger partial charge in [-0.2, -0.15) is 5.26 Å². The quantitative estimate of drug-likeness (QED) is 0.353. The molecule has 5 rings (SSSR count). The summed E-state index contributed by atoms with van der Waals surface area (Å²) in [6.45, 7) is 7.90. The fourth-order valence-corrected chi connectivity index (χ4v) is 6.03. The molecule has 1 fully saturated rings. The molecule has 2 aliphatic rings. The first-order chi connectivity index (χ1) is 18.4. The first-order valence-corrected chi connectivity index (χ1v) is 13.3. The number of aromatic nitrogens is 1. The van der Waals surface area contributed by atoms with Crippen LogP contribution in [0.25, 0.3) is 10.9 Å². The Balaban J connectivity index is 1.51. The fraction of sp³-hybridized carbons (Fsp3) is 0.433. The lowest BCUT2D eigenvalue weighted by atomic mass is 9.87. The maximum atomic E-state index is 15.9. The van der Waals surface area contributed by atoms with Gasteiger partial charge in [-0.1, -0.05) is 24.8 Å². The highest BCUT2D eigenvalue weighted by Crippen LogP contribution is 2.45. The minimum Gasteiger partial charge on any atom is -0.489 e. The molecule has 0 bridgehead atoms. The molecule has 0 saturated carbocycles. The fourth-order valence-electron chi connectivity index (χ4n) is 6.03. The second-order valence-corrected chi connectivity index (χ2v) is 10.3. The van der Waals surface area contributed by atoms with Gasteiger partial charge in [0.2, 0.25) is 0 Å². The second kappa shape index (κ2) is 11.1. The van der Waals surface area contributed by atoms with Crippen LogP contribution in [0.5, 0.6) is 5.75 Å². The summed E-state index contributed by atoms with van der Waals surface area (Å²) in [5.41, 5.74) is 3.31. The van der Waals surface area contributed by atoms with Crippen LogP contribution < -0.4 is 4.74 Å². The Morgan fingerprint density at radius 3 is 2.74 bits per heavy atom. The van der Waals surface area contributed by atoms with E-state index in [-0.39, 0.29) is 36.6 Å². The summed E-state index contributed by atoms with van der Waals surface area (Å²) in [4.78, 5) is 7.49. The summed E-state index contributed by atoms with van der Waals surface area (Å²) < 4.78 is 50.3. The van der Waals surface area contributed by atoms with Gasteiger partial charge in [0, 0.05) is 66.5 Å². The lowest BCUT2D eigenvalue weighted by Crippen LogP contribution is -2.42. The number of halogens is 3. The predicted octanol–water partition coefficient (Wildman–Crippen LogP) is 6.41. The maximum absolute atomic E-state index is 15.9. The number of nitrogens with one attached hydrogen (secondary N) is 1. The van der Waals surface area contributed by atoms with Crippen LogP contribution in [0, 0.1) is 23.0 Å². The molecular weight excluding hydrogens is 489 g/mol. The van der Waals surface area contributed by atoms with Crippen molar-refractivity contribution in [3.63, 3.8) is 0 Å². The molecule has 1 N–H and O–H groups in total. The van der Waals surface area contributed by atoms with Gasteiger partial charge in [0.25, 0.3) is 0 Å². The first kappa shape index (κ1) is 26.2. The van der Waals surface area contributed by atoms with E-state index in [0.717, 1.165) is 35.1 Å². The number of benzene rings is 2. The number of nitrogens with zero attached hydrogens (tertiary/aromatic N) is 3. The van der Waals surface area contributed by atoms with E-state index < -0.39 is 17.7 Å². The molecule has 8 heteroatoms. The molecule has 38 heavy (non-hydrogen) atoms. The van der Waals surface area contributed by atoms with Crippen molar-refractivity contribution in [3.05, 3.63) is 77.1 Å². The standard InChI is InChI=1S/C30H33F3N4O/c1-19(7-5-12-34)37-20(2)15-24-23-8-3-4-9-27(23)35-29(24)30(37)28-25(32)16-22(17-26(28)33)38-21-10-14-36(18-21)13-6-11-31/h3-4,8-9,16-17,20-21,30,35H,1,5-7,10-11,13-15,18H2,2H3/t20-,21-,30-/m0/s1. The summed E-state index contributed by atoms with van der Waals surface area (Å²) >= 11 is 0. The number of hydrogen-bond donors (Lipinski definition) is 1. The van der Waals surface area contributed by atoms with E-state index in [0.29, 0.717) is 38.0 Å². The van der Waals surface area contributed by atoms with Gasteiger partial charge in [-0.05, 0) is 44.2 Å². The normalized spacial score (nSPS) is 21.4. The minimum absolute atomic E-state index is 0.0641. The molecule has 0 aliphatic carbocycles. The van der Waals surface area contributed by atoms with Crippen molar-refractivity contribution in [2.75, 3.05) is 26.3 Å². The Hall–Kier alpha value is -3.44. The van der Waals surface area contributed by atoms with Crippen LogP contribution in [0.4, 0.5) is 13.2 Å². The van der Waals surface area contributed by atoms with Gasteiger partial charge in [-0.25, -0.2) is 8.78 Å². The first-order valence-electron chi connectivity index (χ1n) is 13.3. The average Bonchev–Trinajstić information content (AvgIpc) is 3.49. The van der Waals surface area contributed by atoms with E-state index in [4.69, 9.17) is 10.00 Å². The number of fused-ring (bicyclic) bond motifs is 3. The third kappa shape index (κ3) is 5.00. The lowest BCUT2D eigenvalue weighted by molar-refractivity contribution is 0.185. The molecule has 2 aliphatic heterocycles. The largest absolute Gasteiger partial charge is 0.489 e. The number of hydrogen-bond acceptors (Lipinski definition) is 4. The Morgan fingerprint density at radius 2 is 2.00 bits per heavy atom. The Bertz CT molecular complexity index is 1340. The number of rotatable bonds is 9. The zero-order valence-electron chi connectivity index (χ0n) is 21.7. The van der Waals surface area contributed by atoms with Crippen LogP contribution >= 0.6 is 0 Å². The molecule has 0 amide bonds. The molecule has 200 valence electrons. The third-order valence-corrected chi connectivity index (χ3v) is 7.73. The van der Waals surface area contributed by atoms with Gasteiger partial charge in [-0.15, -0.1) is 0 Å². The summed E-state index contributed by atoms with van der Waals surface area (Å²) in [6.07, 6.45) is 2.37. The minimum atomic E-state index is -0.760. The van der Waals surface area contributed by atoms with Crippen LogP contribution in [-0.2, 0) is 6.42 Å². The SMILES string of the molecule is C=C(CCC#N)N1[C@@H](c2c(F)cc(O[C@H]3CCN(CCCF)C3)cc2F)c2[nH]c3ccccc3c2C[C@@H]1C. The molecular formula is C30H33F3N4O. The van der Waals surface area contributed by atoms with Crippen LogP contribution in [0.2, 0.25) is 0 Å². The molecule has 0 spiro atoms. The lowest BCUT2D eigenvalue weighted by Gasteiger charge is -2.43. The van der Waals surface area contributed by atoms with Crippen LogP contribution in [0.1, 0.15) is 55.5 Å². The molecule has 0 radical (unpaired) electrons. The summed E-state index contributed by atoms with van der Waals surface area (Å²) in [5, 5.41) is 10.2. The summed E-state index contributed by atoms with van der Waals surface area (Å²) in [5.74, 6) is -1.22. The van der Waals surface area contributed by atoms with Gasteiger partial charge in [0.15, 0.2) is 0 Å². The van der Waals surface area contributed by atoms with Crippen molar-refractivity contribution in [1.82, 2.24) is 14.8 Å². The number of alkyl halides is 1. The number of likely N-dealkylation sites (tertiary alicyclic amines) is 1. The Morgan fingerprint density at radius 1 is 1.24 bits per heavy atom. The van der Waals surface area contributed by atoms with Crippen molar-refractivity contribution < 1.29 is 17.9 Å². The predicted molar refractivity (Wildman–Crippen MR) is 142 cm³/mol. The van der Waals surface area contributed by atoms with Crippen molar-refractivity contribution in [3.8, 4) is 11.8 Å². The smallest absolute Gasteiger partial charge is 0.135 e. The van der Waals surface area contributed by atoms with E-state index in [1.807, 2.05) is 36.1 Å². The summed E-state index contributed by atoms with van der Waals surface area (Å²) in [7, 11) is 0. The van der Waals surface area contributed by atoms with E-state index in [1.165, 1.54) is 12.1 Å². The Kier molecular flexibility index (Phi) is 7.66. The van der Waals surface area contributed by atoms with Gasteiger partial charge in [0.1, 0.15) is 29.5 Å². The molecule has 3 aromatic rings. The molecule has 0 unspecified atom stereocenters. The van der Waals surface area contributed by atoms with Gasteiger partial charge >= 0.3 is 0 Å². The average molecular weight is 523 g/mol. The van der Waals surface area contributed by atoms with E-state index >= 15 is 8.78 Å². The van der Waals surface area contributed by atoms with Crippen molar-refractivity contribution in [1.29, 1.82) is 5.26 Å². The highest BCUT2D eigenvalue weighted by atomic mass is 19.1. The second-order valence-electron chi connectivity index (χ2n) is 10.3. The Labute approximate surface area is 221 Å². The topological polar surface area (TPSA) is 55.3 Å². The highest BCUT2D eigenvalue weighted by Gasteiger charge is 2.39. The summed E-state index contributed by atoms with van der Waals surface area (Å²) in [6, 6.07) is 11.7. The van der Waals surface area contributed by atoms with Gasteiger partial charge in [0.05, 0.1) is 18.3 Å². The van der Waals surface area contributed by atoms with Crippen LogP contribution in [0.15, 0.2) is 48.7 Å². The number of aromatic amines is 1. The molecule has 5 nitrogen and oxygen atoms in total. The van der Waals surface area contributed by atoms with Crippen LogP contribution in [0.3, 0.4) is 0 Å². The van der Waals surface area contributed by atoms with Crippen LogP contribution in [-0.4, -0.2) is 53.2 Å². The van der Waals surface area contributed by atoms with E-state index in [2.05, 4.69) is 22.5 Å². The van der Waals surface area contributed by atoms with Crippen molar-refractivity contribution in [2.45, 2.75) is 57.2 Å². The zero-order chi connectivity index (χ0) is 26.8. The van der Waals surface area contributed by atoms with Crippen molar-refractivity contribution in [2.24, 2.45) is 0 Å². The molecule has 2 aromatic carbocycles.